The Labute approximate surface area is 73.4 Å². The predicted molar refractivity (Wildman–Crippen MR) is 46.8 cm³/mol. The minimum Gasteiger partial charge on any atom is -0.496 e. The van der Waals surface area contributed by atoms with Crippen molar-refractivity contribution in [2.24, 2.45) is 0 Å². The first-order valence-electron chi connectivity index (χ1n) is 4.14. The molecule has 0 aliphatic carbocycles. The summed E-state index contributed by atoms with van der Waals surface area (Å²) in [4.78, 5) is 0. The molecule has 72 valence electrons. The molecule has 0 aromatic carbocycles. The van der Waals surface area contributed by atoms with Gasteiger partial charge in [0.15, 0.2) is 0 Å². The standard InChI is InChI=1S/C9H17FO2/c1-4-9(10)7-8(2)12-6-5-11-3/h9H,2,4-7H2,1,3H3. The summed E-state index contributed by atoms with van der Waals surface area (Å²) in [7, 11) is 1.59. The Bertz CT molecular complexity index is 126. The van der Waals surface area contributed by atoms with E-state index < -0.39 is 6.17 Å². The van der Waals surface area contributed by atoms with Crippen molar-refractivity contribution in [2.75, 3.05) is 20.3 Å². The van der Waals surface area contributed by atoms with E-state index in [1.165, 1.54) is 0 Å². The first-order chi connectivity index (χ1) is 5.70. The van der Waals surface area contributed by atoms with Crippen molar-refractivity contribution in [1.29, 1.82) is 0 Å². The molecule has 0 radical (unpaired) electrons. The quantitative estimate of drug-likeness (QED) is 0.437. The molecule has 0 aliphatic rings. The maximum Gasteiger partial charge on any atom is 0.111 e. The summed E-state index contributed by atoms with van der Waals surface area (Å²) in [5, 5.41) is 0. The zero-order valence-electron chi connectivity index (χ0n) is 7.81. The molecule has 0 saturated heterocycles. The molecule has 0 rings (SSSR count). The summed E-state index contributed by atoms with van der Waals surface area (Å²) in [6.07, 6.45) is -0.0348. The maximum atomic E-state index is 12.7. The van der Waals surface area contributed by atoms with Crippen LogP contribution in [0.15, 0.2) is 12.3 Å². The number of rotatable bonds is 7. The van der Waals surface area contributed by atoms with Crippen LogP contribution in [0.5, 0.6) is 0 Å². The van der Waals surface area contributed by atoms with Gasteiger partial charge in [-0.3, -0.25) is 0 Å². The average molecular weight is 176 g/mol. The Hall–Kier alpha value is -0.570. The lowest BCUT2D eigenvalue weighted by Crippen LogP contribution is -2.05. The molecule has 0 heterocycles. The number of hydrogen-bond acceptors (Lipinski definition) is 2. The molecule has 0 aromatic heterocycles. The van der Waals surface area contributed by atoms with Gasteiger partial charge in [-0.05, 0) is 6.42 Å². The number of halogens is 1. The molecular formula is C9H17FO2. The Morgan fingerprint density at radius 3 is 2.67 bits per heavy atom. The summed E-state index contributed by atoms with van der Waals surface area (Å²) < 4.78 is 22.6. The first kappa shape index (κ1) is 11.4. The van der Waals surface area contributed by atoms with E-state index in [1.807, 2.05) is 0 Å². The van der Waals surface area contributed by atoms with Gasteiger partial charge in [0.2, 0.25) is 0 Å². The highest BCUT2D eigenvalue weighted by atomic mass is 19.1. The number of allylic oxidation sites excluding steroid dienone is 1. The van der Waals surface area contributed by atoms with E-state index in [0.29, 0.717) is 31.8 Å². The highest BCUT2D eigenvalue weighted by Crippen LogP contribution is 2.10. The van der Waals surface area contributed by atoms with Gasteiger partial charge in [0.05, 0.1) is 12.4 Å². The molecule has 2 nitrogen and oxygen atoms in total. The Kier molecular flexibility index (Phi) is 6.76. The molecule has 0 saturated carbocycles. The molecular weight excluding hydrogens is 159 g/mol. The number of ether oxygens (including phenoxy) is 2. The summed E-state index contributed by atoms with van der Waals surface area (Å²) in [6.45, 7) is 6.36. The van der Waals surface area contributed by atoms with Crippen molar-refractivity contribution in [3.05, 3.63) is 12.3 Å². The van der Waals surface area contributed by atoms with Crippen molar-refractivity contribution >= 4 is 0 Å². The number of hydrogen-bond donors (Lipinski definition) is 0. The van der Waals surface area contributed by atoms with Crippen LogP contribution in [0.3, 0.4) is 0 Å². The van der Waals surface area contributed by atoms with Crippen LogP contribution in [0.25, 0.3) is 0 Å². The highest BCUT2D eigenvalue weighted by molar-refractivity contribution is 4.85. The van der Waals surface area contributed by atoms with Crippen LogP contribution in [0, 0.1) is 0 Å². The maximum absolute atomic E-state index is 12.7. The normalized spacial score (nSPS) is 12.6. The lowest BCUT2D eigenvalue weighted by molar-refractivity contribution is 0.101. The van der Waals surface area contributed by atoms with Crippen LogP contribution < -0.4 is 0 Å². The minimum absolute atomic E-state index is 0.292. The van der Waals surface area contributed by atoms with Crippen LogP contribution >= 0.6 is 0 Å². The van der Waals surface area contributed by atoms with Gasteiger partial charge in [-0.25, -0.2) is 4.39 Å². The molecule has 1 atom stereocenters. The largest absolute Gasteiger partial charge is 0.496 e. The van der Waals surface area contributed by atoms with E-state index >= 15 is 0 Å². The van der Waals surface area contributed by atoms with Crippen LogP contribution in [-0.4, -0.2) is 26.5 Å². The fourth-order valence-corrected chi connectivity index (χ4v) is 0.720. The van der Waals surface area contributed by atoms with Crippen LogP contribution in [0.1, 0.15) is 19.8 Å². The fourth-order valence-electron chi connectivity index (χ4n) is 0.720. The Morgan fingerprint density at radius 1 is 1.50 bits per heavy atom. The highest BCUT2D eigenvalue weighted by Gasteiger charge is 2.05. The van der Waals surface area contributed by atoms with Gasteiger partial charge in [0.1, 0.15) is 12.8 Å². The van der Waals surface area contributed by atoms with Gasteiger partial charge in [0.25, 0.3) is 0 Å². The molecule has 12 heavy (non-hydrogen) atoms. The first-order valence-corrected chi connectivity index (χ1v) is 4.14. The van der Waals surface area contributed by atoms with E-state index in [1.54, 1.807) is 14.0 Å². The van der Waals surface area contributed by atoms with E-state index in [4.69, 9.17) is 9.47 Å². The molecule has 1 unspecified atom stereocenters. The Balaban J connectivity index is 3.33. The third-order valence-electron chi connectivity index (χ3n) is 1.49. The molecule has 0 fully saturated rings. The molecule has 0 amide bonds. The lowest BCUT2D eigenvalue weighted by Gasteiger charge is -2.10. The second-order valence-electron chi connectivity index (χ2n) is 2.59. The molecule has 0 N–H and O–H groups in total. The average Bonchev–Trinajstić information content (AvgIpc) is 2.05. The van der Waals surface area contributed by atoms with Gasteiger partial charge in [-0.1, -0.05) is 13.5 Å². The molecule has 3 heteroatoms. The van der Waals surface area contributed by atoms with Gasteiger partial charge in [-0.2, -0.15) is 0 Å². The van der Waals surface area contributed by atoms with Crippen molar-refractivity contribution in [3.8, 4) is 0 Å². The van der Waals surface area contributed by atoms with E-state index in [-0.39, 0.29) is 0 Å². The van der Waals surface area contributed by atoms with Crippen LogP contribution in [0.2, 0.25) is 0 Å². The zero-order valence-corrected chi connectivity index (χ0v) is 7.81. The van der Waals surface area contributed by atoms with E-state index in [2.05, 4.69) is 6.58 Å². The van der Waals surface area contributed by atoms with E-state index in [9.17, 15) is 4.39 Å². The predicted octanol–water partition coefficient (Wildman–Crippen LogP) is 2.30. The summed E-state index contributed by atoms with van der Waals surface area (Å²) in [5.74, 6) is 0.501. The van der Waals surface area contributed by atoms with Gasteiger partial charge >= 0.3 is 0 Å². The van der Waals surface area contributed by atoms with Crippen molar-refractivity contribution in [3.63, 3.8) is 0 Å². The SMILES string of the molecule is C=C(CC(F)CC)OCCOC. The monoisotopic (exact) mass is 176 g/mol. The number of methoxy groups -OCH3 is 1. The van der Waals surface area contributed by atoms with Crippen molar-refractivity contribution < 1.29 is 13.9 Å². The van der Waals surface area contributed by atoms with Crippen LogP contribution in [0.4, 0.5) is 4.39 Å². The van der Waals surface area contributed by atoms with Crippen molar-refractivity contribution in [2.45, 2.75) is 25.9 Å². The summed E-state index contributed by atoms with van der Waals surface area (Å²) >= 11 is 0. The lowest BCUT2D eigenvalue weighted by atomic mass is 10.2. The smallest absolute Gasteiger partial charge is 0.111 e. The topological polar surface area (TPSA) is 18.5 Å². The molecule has 0 spiro atoms. The fraction of sp³-hybridized carbons (Fsp3) is 0.778. The van der Waals surface area contributed by atoms with Crippen LogP contribution in [-0.2, 0) is 9.47 Å². The van der Waals surface area contributed by atoms with Gasteiger partial charge in [0, 0.05) is 13.5 Å². The van der Waals surface area contributed by atoms with E-state index in [0.717, 1.165) is 0 Å². The van der Waals surface area contributed by atoms with Gasteiger partial charge < -0.3 is 9.47 Å². The molecule has 0 aromatic rings. The molecule has 0 bridgehead atoms. The van der Waals surface area contributed by atoms with Crippen molar-refractivity contribution in [1.82, 2.24) is 0 Å². The third kappa shape index (κ3) is 6.16. The molecule has 0 aliphatic heterocycles. The summed E-state index contributed by atoms with van der Waals surface area (Å²) in [5.41, 5.74) is 0. The Morgan fingerprint density at radius 2 is 2.17 bits per heavy atom. The second kappa shape index (κ2) is 7.10. The second-order valence-corrected chi connectivity index (χ2v) is 2.59. The van der Waals surface area contributed by atoms with Gasteiger partial charge in [-0.15, -0.1) is 0 Å². The third-order valence-corrected chi connectivity index (χ3v) is 1.49. The number of alkyl halides is 1. The minimum atomic E-state index is -0.833. The summed E-state index contributed by atoms with van der Waals surface area (Å²) in [6, 6.07) is 0. The zero-order chi connectivity index (χ0) is 9.40.